The van der Waals surface area contributed by atoms with E-state index in [0.29, 0.717) is 5.75 Å². The van der Waals surface area contributed by atoms with Crippen LogP contribution in [0.5, 0.6) is 5.75 Å². The van der Waals surface area contributed by atoms with E-state index in [0.717, 1.165) is 16.7 Å². The first-order valence-electron chi connectivity index (χ1n) is 9.79. The maximum absolute atomic E-state index is 12.9. The smallest absolute Gasteiger partial charge is 0.318 e. The Hall–Kier alpha value is -3.60. The molecule has 0 heterocycles. The van der Waals surface area contributed by atoms with E-state index in [9.17, 15) is 9.59 Å². The van der Waals surface area contributed by atoms with Gasteiger partial charge >= 0.3 is 5.97 Å². The van der Waals surface area contributed by atoms with Crippen molar-refractivity contribution in [3.63, 3.8) is 0 Å². The third-order valence-corrected chi connectivity index (χ3v) is 4.83. The van der Waals surface area contributed by atoms with Crippen LogP contribution in [0.15, 0.2) is 84.9 Å². The van der Waals surface area contributed by atoms with E-state index < -0.39 is 11.9 Å². The van der Waals surface area contributed by atoms with E-state index in [1.807, 2.05) is 91.9 Å². The lowest BCUT2D eigenvalue weighted by molar-refractivity contribution is -0.149. The lowest BCUT2D eigenvalue weighted by atomic mass is 9.91. The summed E-state index contributed by atoms with van der Waals surface area (Å²) in [6.07, 6.45) is 0. The van der Waals surface area contributed by atoms with E-state index in [2.05, 4.69) is 5.32 Å². The van der Waals surface area contributed by atoms with Crippen molar-refractivity contribution in [1.29, 1.82) is 0 Å². The van der Waals surface area contributed by atoms with E-state index in [4.69, 9.17) is 9.47 Å². The molecule has 3 rings (SSSR count). The zero-order valence-electron chi connectivity index (χ0n) is 17.1. The van der Waals surface area contributed by atoms with Gasteiger partial charge in [0.05, 0.1) is 13.2 Å². The number of rotatable bonds is 8. The Morgan fingerprint density at radius 2 is 1.37 bits per heavy atom. The third kappa shape index (κ3) is 5.26. The maximum atomic E-state index is 12.9. The minimum Gasteiger partial charge on any atom is -0.496 e. The fourth-order valence-corrected chi connectivity index (χ4v) is 3.36. The van der Waals surface area contributed by atoms with E-state index in [-0.39, 0.29) is 18.6 Å². The van der Waals surface area contributed by atoms with Gasteiger partial charge in [0.15, 0.2) is 6.61 Å². The highest BCUT2D eigenvalue weighted by molar-refractivity contribution is 5.85. The average molecular weight is 403 g/mol. The molecule has 0 saturated carbocycles. The Morgan fingerprint density at radius 3 is 1.93 bits per heavy atom. The first-order valence-corrected chi connectivity index (χ1v) is 9.79. The van der Waals surface area contributed by atoms with E-state index in [1.165, 1.54) is 0 Å². The van der Waals surface area contributed by atoms with Crippen LogP contribution in [0.3, 0.4) is 0 Å². The topological polar surface area (TPSA) is 64.6 Å². The fourth-order valence-electron chi connectivity index (χ4n) is 3.36. The van der Waals surface area contributed by atoms with Gasteiger partial charge in [0.25, 0.3) is 5.91 Å². The average Bonchev–Trinajstić information content (AvgIpc) is 2.79. The Morgan fingerprint density at radius 1 is 0.833 bits per heavy atom. The SMILES string of the molecule is COc1ccccc1C(C)NC(=O)COC(=O)C(c1ccccc1)c1ccccc1. The van der Waals surface area contributed by atoms with Gasteiger partial charge in [0.2, 0.25) is 0 Å². The number of para-hydroxylation sites is 1. The van der Waals surface area contributed by atoms with Gasteiger partial charge < -0.3 is 14.8 Å². The fraction of sp³-hybridized carbons (Fsp3) is 0.200. The first kappa shape index (κ1) is 21.1. The standard InChI is InChI=1S/C25H25NO4/c1-18(21-15-9-10-16-22(21)29-2)26-23(27)17-30-25(28)24(19-11-5-3-6-12-19)20-13-7-4-8-14-20/h3-16,18,24H,17H2,1-2H3,(H,26,27). The highest BCUT2D eigenvalue weighted by Crippen LogP contribution is 2.26. The number of amides is 1. The molecular weight excluding hydrogens is 378 g/mol. The summed E-state index contributed by atoms with van der Waals surface area (Å²) in [4.78, 5) is 25.3. The predicted molar refractivity (Wildman–Crippen MR) is 115 cm³/mol. The molecule has 0 saturated heterocycles. The molecule has 0 aliphatic carbocycles. The summed E-state index contributed by atoms with van der Waals surface area (Å²) >= 11 is 0. The lowest BCUT2D eigenvalue weighted by Gasteiger charge is -2.19. The van der Waals surface area contributed by atoms with E-state index >= 15 is 0 Å². The molecule has 1 atom stereocenters. The van der Waals surface area contributed by atoms with E-state index in [1.54, 1.807) is 7.11 Å². The normalized spacial score (nSPS) is 11.6. The second-order valence-electron chi connectivity index (χ2n) is 6.89. The molecule has 0 fully saturated rings. The molecule has 0 spiro atoms. The number of methoxy groups -OCH3 is 1. The van der Waals surface area contributed by atoms with Gasteiger partial charge in [-0.3, -0.25) is 9.59 Å². The summed E-state index contributed by atoms with van der Waals surface area (Å²) in [6.45, 7) is 1.50. The summed E-state index contributed by atoms with van der Waals surface area (Å²) < 4.78 is 10.7. The zero-order chi connectivity index (χ0) is 21.3. The van der Waals surface area contributed by atoms with Crippen molar-refractivity contribution in [2.75, 3.05) is 13.7 Å². The van der Waals surface area contributed by atoms with Crippen LogP contribution < -0.4 is 10.1 Å². The molecule has 0 aromatic heterocycles. The van der Waals surface area contributed by atoms with Gasteiger partial charge in [0, 0.05) is 5.56 Å². The Balaban J connectivity index is 1.66. The maximum Gasteiger partial charge on any atom is 0.318 e. The van der Waals surface area contributed by atoms with Crippen LogP contribution in [0.4, 0.5) is 0 Å². The summed E-state index contributed by atoms with van der Waals surface area (Å²) in [5, 5.41) is 2.85. The number of esters is 1. The lowest BCUT2D eigenvalue weighted by Crippen LogP contribution is -2.32. The summed E-state index contributed by atoms with van der Waals surface area (Å²) in [5.74, 6) is -0.739. The van der Waals surface area contributed by atoms with Crippen molar-refractivity contribution in [1.82, 2.24) is 5.32 Å². The van der Waals surface area contributed by atoms with Crippen LogP contribution in [0.1, 0.15) is 35.6 Å². The molecule has 0 aliphatic rings. The Bertz CT molecular complexity index is 933. The quantitative estimate of drug-likeness (QED) is 0.571. The monoisotopic (exact) mass is 403 g/mol. The zero-order valence-corrected chi connectivity index (χ0v) is 17.1. The van der Waals surface area contributed by atoms with Crippen molar-refractivity contribution in [3.8, 4) is 5.75 Å². The molecule has 1 N–H and O–H groups in total. The predicted octanol–water partition coefficient (Wildman–Crippen LogP) is 4.25. The molecule has 1 unspecified atom stereocenters. The number of hydrogen-bond donors (Lipinski definition) is 1. The molecule has 5 nitrogen and oxygen atoms in total. The number of ether oxygens (including phenoxy) is 2. The number of hydrogen-bond acceptors (Lipinski definition) is 4. The number of carbonyl (C=O) groups excluding carboxylic acids is 2. The third-order valence-electron chi connectivity index (χ3n) is 4.83. The van der Waals surface area contributed by atoms with Crippen molar-refractivity contribution in [2.45, 2.75) is 18.9 Å². The molecule has 3 aromatic rings. The second-order valence-corrected chi connectivity index (χ2v) is 6.89. The molecule has 3 aromatic carbocycles. The Kier molecular flexibility index (Phi) is 7.22. The number of benzene rings is 3. The minimum absolute atomic E-state index is 0.286. The van der Waals surface area contributed by atoms with Crippen molar-refractivity contribution >= 4 is 11.9 Å². The molecule has 5 heteroatoms. The van der Waals surface area contributed by atoms with Gasteiger partial charge in [0.1, 0.15) is 11.7 Å². The van der Waals surface area contributed by atoms with Crippen LogP contribution >= 0.6 is 0 Å². The van der Waals surface area contributed by atoms with Crippen LogP contribution in [0, 0.1) is 0 Å². The largest absolute Gasteiger partial charge is 0.496 e. The van der Waals surface area contributed by atoms with Gasteiger partial charge in [-0.2, -0.15) is 0 Å². The van der Waals surface area contributed by atoms with Gasteiger partial charge in [-0.1, -0.05) is 78.9 Å². The Labute approximate surface area is 176 Å². The first-order chi connectivity index (χ1) is 14.6. The number of nitrogens with one attached hydrogen (secondary N) is 1. The molecule has 0 radical (unpaired) electrons. The molecule has 0 aliphatic heterocycles. The molecule has 1 amide bonds. The molecule has 0 bridgehead atoms. The van der Waals surface area contributed by atoms with Crippen molar-refractivity contribution in [2.24, 2.45) is 0 Å². The van der Waals surface area contributed by atoms with Crippen molar-refractivity contribution in [3.05, 3.63) is 102 Å². The molecule has 30 heavy (non-hydrogen) atoms. The summed E-state index contributed by atoms with van der Waals surface area (Å²) in [7, 11) is 1.59. The van der Waals surface area contributed by atoms with Gasteiger partial charge in [-0.15, -0.1) is 0 Å². The summed E-state index contributed by atoms with van der Waals surface area (Å²) in [5.41, 5.74) is 2.49. The van der Waals surface area contributed by atoms with Gasteiger partial charge in [-0.25, -0.2) is 0 Å². The highest BCUT2D eigenvalue weighted by atomic mass is 16.5. The van der Waals surface area contributed by atoms with Gasteiger partial charge in [-0.05, 0) is 24.1 Å². The minimum atomic E-state index is -0.591. The molecule has 154 valence electrons. The van der Waals surface area contributed by atoms with Crippen LogP contribution in [0.25, 0.3) is 0 Å². The van der Waals surface area contributed by atoms with Crippen molar-refractivity contribution < 1.29 is 19.1 Å². The second kappa shape index (κ2) is 10.3. The van der Waals surface area contributed by atoms with Crippen LogP contribution in [-0.4, -0.2) is 25.6 Å². The summed E-state index contributed by atoms with van der Waals surface area (Å²) in [6, 6.07) is 26.0. The van der Waals surface area contributed by atoms with Crippen LogP contribution in [-0.2, 0) is 14.3 Å². The number of carbonyl (C=O) groups is 2. The molecular formula is C25H25NO4. The highest BCUT2D eigenvalue weighted by Gasteiger charge is 2.25. The van der Waals surface area contributed by atoms with Crippen LogP contribution in [0.2, 0.25) is 0 Å².